The van der Waals surface area contributed by atoms with Crippen molar-refractivity contribution in [3.05, 3.63) is 128 Å². The molecule has 0 heterocycles. The van der Waals surface area contributed by atoms with Crippen molar-refractivity contribution < 1.29 is 0 Å². The van der Waals surface area contributed by atoms with Crippen molar-refractivity contribution >= 4 is 23.2 Å². The molecule has 0 aromatic heterocycles. The minimum atomic E-state index is -0.412. The van der Waals surface area contributed by atoms with E-state index in [1.807, 2.05) is 0 Å². The highest BCUT2D eigenvalue weighted by Crippen LogP contribution is 2.56. The van der Waals surface area contributed by atoms with Gasteiger partial charge in [0.1, 0.15) is 0 Å². The highest BCUT2D eigenvalue weighted by atomic mass is 35.5. The van der Waals surface area contributed by atoms with Crippen LogP contribution in [-0.2, 0) is 18.3 Å². The zero-order valence-electron chi connectivity index (χ0n) is 20.6. The monoisotopic (exact) mass is 498 g/mol. The summed E-state index contributed by atoms with van der Waals surface area (Å²) >= 11 is 13.4. The molecule has 0 unspecified atom stereocenters. The SMILES string of the molecule is CCCCc1cc(C2(c3ccc(Cl)c(CCCC)c3)c3ccccc3-c3ccccc32)ccc1Cl. The van der Waals surface area contributed by atoms with Gasteiger partial charge in [0.25, 0.3) is 0 Å². The first-order valence-corrected chi connectivity index (χ1v) is 13.6. The fraction of sp³-hybridized carbons (Fsp3) is 0.273. The van der Waals surface area contributed by atoms with Crippen LogP contribution in [0, 0.1) is 0 Å². The first-order valence-electron chi connectivity index (χ1n) is 12.9. The standard InChI is InChI=1S/C33H32Cl2/c1-3-5-11-23-21-25(17-19-31(23)34)33(26-18-20-32(35)24(22-26)12-6-4-2)29-15-9-7-13-27(29)28-14-8-10-16-30(28)33/h7-10,13-22H,3-6,11-12H2,1-2H3. The van der Waals surface area contributed by atoms with E-state index in [0.717, 1.165) is 48.6 Å². The summed E-state index contributed by atoms with van der Waals surface area (Å²) in [6, 6.07) is 31.1. The van der Waals surface area contributed by atoms with E-state index in [1.54, 1.807) is 0 Å². The normalized spacial score (nSPS) is 13.5. The number of hydrogen-bond donors (Lipinski definition) is 0. The summed E-state index contributed by atoms with van der Waals surface area (Å²) in [6.07, 6.45) is 6.54. The lowest BCUT2D eigenvalue weighted by atomic mass is 9.67. The van der Waals surface area contributed by atoms with Gasteiger partial charge in [-0.25, -0.2) is 0 Å². The Kier molecular flexibility index (Phi) is 7.05. The zero-order valence-corrected chi connectivity index (χ0v) is 22.1. The van der Waals surface area contributed by atoms with Gasteiger partial charge in [-0.15, -0.1) is 0 Å². The summed E-state index contributed by atoms with van der Waals surface area (Å²) in [5, 5.41) is 1.72. The molecular formula is C33H32Cl2. The molecule has 0 spiro atoms. The zero-order chi connectivity index (χ0) is 24.4. The fourth-order valence-corrected chi connectivity index (χ4v) is 6.18. The molecule has 2 heteroatoms. The molecule has 178 valence electrons. The van der Waals surface area contributed by atoms with Gasteiger partial charge in [-0.05, 0) is 82.3 Å². The lowest BCUT2D eigenvalue weighted by molar-refractivity contribution is 0.750. The molecule has 1 aliphatic rings. The topological polar surface area (TPSA) is 0 Å². The van der Waals surface area contributed by atoms with Gasteiger partial charge in [0.05, 0.1) is 5.41 Å². The Balaban J connectivity index is 1.84. The molecule has 0 radical (unpaired) electrons. The van der Waals surface area contributed by atoms with Crippen LogP contribution >= 0.6 is 23.2 Å². The average Bonchev–Trinajstić information content (AvgIpc) is 3.19. The molecule has 0 aliphatic heterocycles. The second kappa shape index (κ2) is 10.2. The van der Waals surface area contributed by atoms with E-state index in [1.165, 1.54) is 44.5 Å². The highest BCUT2D eigenvalue weighted by Gasteiger charge is 2.46. The quantitative estimate of drug-likeness (QED) is 0.199. The van der Waals surface area contributed by atoms with Crippen molar-refractivity contribution in [2.75, 3.05) is 0 Å². The van der Waals surface area contributed by atoms with E-state index in [4.69, 9.17) is 23.2 Å². The summed E-state index contributed by atoms with van der Waals surface area (Å²) in [7, 11) is 0. The largest absolute Gasteiger partial charge is 0.0840 e. The molecule has 5 rings (SSSR count). The van der Waals surface area contributed by atoms with Crippen LogP contribution in [0.4, 0.5) is 0 Å². The number of fused-ring (bicyclic) bond motifs is 3. The minimum Gasteiger partial charge on any atom is -0.0840 e. The maximum Gasteiger partial charge on any atom is 0.0713 e. The molecule has 0 atom stereocenters. The van der Waals surface area contributed by atoms with Crippen LogP contribution in [0.1, 0.15) is 72.9 Å². The third-order valence-corrected chi connectivity index (χ3v) is 8.25. The predicted molar refractivity (Wildman–Crippen MR) is 151 cm³/mol. The second-order valence-electron chi connectivity index (χ2n) is 9.66. The molecule has 0 bridgehead atoms. The third-order valence-electron chi connectivity index (χ3n) is 7.51. The van der Waals surface area contributed by atoms with Crippen molar-refractivity contribution in [2.24, 2.45) is 0 Å². The number of hydrogen-bond acceptors (Lipinski definition) is 0. The predicted octanol–water partition coefficient (Wildman–Crippen LogP) is 10.0. The summed E-state index contributed by atoms with van der Waals surface area (Å²) in [5.74, 6) is 0. The lowest BCUT2D eigenvalue weighted by Gasteiger charge is -2.35. The Hall–Kier alpha value is -2.54. The Labute approximate surface area is 219 Å². The van der Waals surface area contributed by atoms with Gasteiger partial charge in [0, 0.05) is 10.0 Å². The smallest absolute Gasteiger partial charge is 0.0713 e. The minimum absolute atomic E-state index is 0.412. The molecule has 4 aromatic carbocycles. The third kappa shape index (κ3) is 4.11. The first kappa shape index (κ1) is 24.2. The molecule has 0 saturated carbocycles. The molecule has 0 N–H and O–H groups in total. The van der Waals surface area contributed by atoms with Gasteiger partial charge in [0.2, 0.25) is 0 Å². The Morgan fingerprint density at radius 1 is 0.571 bits per heavy atom. The van der Waals surface area contributed by atoms with Gasteiger partial charge >= 0.3 is 0 Å². The molecule has 0 fully saturated rings. The van der Waals surface area contributed by atoms with Crippen LogP contribution in [0.2, 0.25) is 10.0 Å². The van der Waals surface area contributed by atoms with Crippen molar-refractivity contribution in [2.45, 2.75) is 57.8 Å². The summed E-state index contributed by atoms with van der Waals surface area (Å²) in [6.45, 7) is 4.46. The fourth-order valence-electron chi connectivity index (χ4n) is 5.76. The van der Waals surface area contributed by atoms with Crippen LogP contribution in [0.5, 0.6) is 0 Å². The molecule has 35 heavy (non-hydrogen) atoms. The van der Waals surface area contributed by atoms with Crippen LogP contribution in [-0.4, -0.2) is 0 Å². The number of halogens is 2. The van der Waals surface area contributed by atoms with Crippen LogP contribution in [0.3, 0.4) is 0 Å². The van der Waals surface area contributed by atoms with Gasteiger partial charge in [0.15, 0.2) is 0 Å². The summed E-state index contributed by atoms with van der Waals surface area (Å²) in [5.41, 5.74) is 9.85. The Bertz CT molecular complexity index is 1250. The van der Waals surface area contributed by atoms with Gasteiger partial charge in [-0.2, -0.15) is 0 Å². The van der Waals surface area contributed by atoms with Crippen molar-refractivity contribution in [3.63, 3.8) is 0 Å². The molecule has 1 aliphatic carbocycles. The van der Waals surface area contributed by atoms with E-state index in [0.29, 0.717) is 0 Å². The number of aryl methyl sites for hydroxylation is 2. The Morgan fingerprint density at radius 2 is 1.00 bits per heavy atom. The van der Waals surface area contributed by atoms with Gasteiger partial charge in [-0.1, -0.05) is 123 Å². The van der Waals surface area contributed by atoms with Crippen LogP contribution in [0.25, 0.3) is 11.1 Å². The second-order valence-corrected chi connectivity index (χ2v) is 10.5. The van der Waals surface area contributed by atoms with E-state index in [9.17, 15) is 0 Å². The number of rotatable bonds is 8. The molecule has 4 aromatic rings. The van der Waals surface area contributed by atoms with Gasteiger partial charge in [-0.3, -0.25) is 0 Å². The first-order chi connectivity index (χ1) is 17.1. The maximum atomic E-state index is 6.72. The van der Waals surface area contributed by atoms with Crippen molar-refractivity contribution in [1.29, 1.82) is 0 Å². The average molecular weight is 500 g/mol. The van der Waals surface area contributed by atoms with Crippen molar-refractivity contribution in [3.8, 4) is 11.1 Å². The molecule has 0 nitrogen and oxygen atoms in total. The summed E-state index contributed by atoms with van der Waals surface area (Å²) < 4.78 is 0. The number of benzene rings is 4. The van der Waals surface area contributed by atoms with E-state index >= 15 is 0 Å². The van der Waals surface area contributed by atoms with Crippen molar-refractivity contribution in [1.82, 2.24) is 0 Å². The number of unbranched alkanes of at least 4 members (excludes halogenated alkanes) is 2. The van der Waals surface area contributed by atoms with Crippen LogP contribution < -0.4 is 0 Å². The van der Waals surface area contributed by atoms with Gasteiger partial charge < -0.3 is 0 Å². The lowest BCUT2D eigenvalue weighted by Crippen LogP contribution is -2.29. The van der Waals surface area contributed by atoms with E-state index in [-0.39, 0.29) is 0 Å². The van der Waals surface area contributed by atoms with E-state index < -0.39 is 5.41 Å². The van der Waals surface area contributed by atoms with Crippen LogP contribution in [0.15, 0.2) is 84.9 Å². The molecule has 0 saturated heterocycles. The van der Waals surface area contributed by atoms with E-state index in [2.05, 4.69) is 98.8 Å². The molecular weight excluding hydrogens is 467 g/mol. The summed E-state index contributed by atoms with van der Waals surface area (Å²) in [4.78, 5) is 0. The maximum absolute atomic E-state index is 6.72. The molecule has 0 amide bonds. The Morgan fingerprint density at radius 3 is 1.43 bits per heavy atom. The highest BCUT2D eigenvalue weighted by molar-refractivity contribution is 6.31.